The van der Waals surface area contributed by atoms with Gasteiger partial charge in [0.2, 0.25) is 0 Å². The van der Waals surface area contributed by atoms with Crippen molar-refractivity contribution in [2.45, 2.75) is 26.4 Å². The molecule has 0 unspecified atom stereocenters. The first-order valence-corrected chi connectivity index (χ1v) is 4.82. The lowest BCUT2D eigenvalue weighted by atomic mass is 10.4. The fourth-order valence-electron chi connectivity index (χ4n) is 0.782. The maximum Gasteiger partial charge on any atom is 0.347 e. The van der Waals surface area contributed by atoms with Crippen LogP contribution in [0, 0.1) is 0 Å². The van der Waals surface area contributed by atoms with Gasteiger partial charge in [-0.15, -0.1) is 11.3 Å². The van der Waals surface area contributed by atoms with Gasteiger partial charge in [-0.2, -0.15) is 0 Å². The Kier molecular flexibility index (Phi) is 3.39. The van der Waals surface area contributed by atoms with E-state index in [1.807, 2.05) is 13.8 Å². The maximum absolute atomic E-state index is 10.5. The van der Waals surface area contributed by atoms with Crippen LogP contribution in [0.3, 0.4) is 0 Å². The third-order valence-electron chi connectivity index (χ3n) is 1.43. The van der Waals surface area contributed by atoms with E-state index in [2.05, 4.69) is 10.3 Å². The molecule has 0 saturated carbocycles. The van der Waals surface area contributed by atoms with Crippen molar-refractivity contribution in [2.24, 2.45) is 0 Å². The highest BCUT2D eigenvalue weighted by Crippen LogP contribution is 2.12. The molecule has 0 spiro atoms. The smallest absolute Gasteiger partial charge is 0.347 e. The fraction of sp³-hybridized carbons (Fsp3) is 0.500. The normalized spacial score (nSPS) is 10.7. The summed E-state index contributed by atoms with van der Waals surface area (Å²) in [5.74, 6) is -0.909. The molecule has 1 rings (SSSR count). The predicted molar refractivity (Wildman–Crippen MR) is 51.0 cm³/mol. The van der Waals surface area contributed by atoms with E-state index in [0.717, 1.165) is 5.01 Å². The summed E-state index contributed by atoms with van der Waals surface area (Å²) < 4.78 is 0. The summed E-state index contributed by atoms with van der Waals surface area (Å²) in [7, 11) is 0. The van der Waals surface area contributed by atoms with Crippen molar-refractivity contribution in [3.8, 4) is 0 Å². The van der Waals surface area contributed by atoms with Gasteiger partial charge in [-0.1, -0.05) is 13.8 Å². The number of thiazole rings is 1. The Hall–Kier alpha value is -0.940. The molecule has 0 aliphatic heterocycles. The van der Waals surface area contributed by atoms with Crippen LogP contribution in [0.15, 0.2) is 6.20 Å². The highest BCUT2D eigenvalue weighted by atomic mass is 32.1. The molecule has 5 heteroatoms. The second kappa shape index (κ2) is 4.34. The number of nitrogens with zero attached hydrogens (tertiary/aromatic N) is 1. The van der Waals surface area contributed by atoms with E-state index in [9.17, 15) is 4.79 Å². The molecule has 0 amide bonds. The Morgan fingerprint density at radius 3 is 2.92 bits per heavy atom. The van der Waals surface area contributed by atoms with Gasteiger partial charge in [-0.05, 0) is 0 Å². The van der Waals surface area contributed by atoms with Crippen LogP contribution in [0.2, 0.25) is 0 Å². The monoisotopic (exact) mass is 200 g/mol. The van der Waals surface area contributed by atoms with Crippen LogP contribution in [0.4, 0.5) is 0 Å². The summed E-state index contributed by atoms with van der Waals surface area (Å²) in [6, 6.07) is 0.386. The maximum atomic E-state index is 10.5. The summed E-state index contributed by atoms with van der Waals surface area (Å²) >= 11 is 1.21. The van der Waals surface area contributed by atoms with E-state index in [1.165, 1.54) is 17.5 Å². The number of rotatable bonds is 4. The Bertz CT molecular complexity index is 296. The van der Waals surface area contributed by atoms with Gasteiger partial charge in [-0.25, -0.2) is 9.78 Å². The van der Waals surface area contributed by atoms with Crippen molar-refractivity contribution in [3.05, 3.63) is 16.1 Å². The molecule has 0 atom stereocenters. The molecule has 0 aliphatic carbocycles. The lowest BCUT2D eigenvalue weighted by molar-refractivity contribution is 0.0702. The summed E-state index contributed by atoms with van der Waals surface area (Å²) in [5.41, 5.74) is 0. The summed E-state index contributed by atoms with van der Waals surface area (Å²) in [6.07, 6.45) is 1.39. The number of aromatic carboxylic acids is 1. The van der Waals surface area contributed by atoms with Crippen LogP contribution in [0.25, 0.3) is 0 Å². The average Bonchev–Trinajstić information content (AvgIpc) is 2.48. The molecule has 1 aromatic rings. The molecule has 1 aromatic heterocycles. The molecule has 0 aliphatic rings. The predicted octanol–water partition coefficient (Wildman–Crippen LogP) is 1.34. The van der Waals surface area contributed by atoms with Crippen LogP contribution in [-0.4, -0.2) is 22.1 Å². The Balaban J connectivity index is 2.54. The van der Waals surface area contributed by atoms with Crippen LogP contribution in [0.1, 0.15) is 28.5 Å². The SMILES string of the molecule is CC(C)NCc1ncc(C(=O)O)s1. The highest BCUT2D eigenvalue weighted by Gasteiger charge is 2.07. The third-order valence-corrected chi connectivity index (χ3v) is 2.41. The first-order chi connectivity index (χ1) is 6.09. The average molecular weight is 200 g/mol. The zero-order valence-corrected chi connectivity index (χ0v) is 8.39. The van der Waals surface area contributed by atoms with Gasteiger partial charge in [-0.3, -0.25) is 0 Å². The largest absolute Gasteiger partial charge is 0.477 e. The molecule has 0 bridgehead atoms. The first kappa shape index (κ1) is 10.1. The quantitative estimate of drug-likeness (QED) is 0.770. The molecule has 1 heterocycles. The van der Waals surface area contributed by atoms with Crippen LogP contribution in [-0.2, 0) is 6.54 Å². The van der Waals surface area contributed by atoms with Gasteiger partial charge >= 0.3 is 5.97 Å². The Labute approximate surface area is 80.6 Å². The van der Waals surface area contributed by atoms with Crippen molar-refractivity contribution in [1.29, 1.82) is 0 Å². The van der Waals surface area contributed by atoms with E-state index in [0.29, 0.717) is 17.5 Å². The summed E-state index contributed by atoms with van der Waals surface area (Å²) in [6.45, 7) is 4.70. The Morgan fingerprint density at radius 1 is 1.77 bits per heavy atom. The van der Waals surface area contributed by atoms with E-state index < -0.39 is 5.97 Å². The van der Waals surface area contributed by atoms with E-state index in [-0.39, 0.29) is 0 Å². The lowest BCUT2D eigenvalue weighted by Gasteiger charge is -2.04. The van der Waals surface area contributed by atoms with Crippen molar-refractivity contribution < 1.29 is 9.90 Å². The van der Waals surface area contributed by atoms with E-state index in [4.69, 9.17) is 5.11 Å². The minimum absolute atomic E-state index is 0.292. The molecular weight excluding hydrogens is 188 g/mol. The number of nitrogens with one attached hydrogen (secondary N) is 1. The van der Waals surface area contributed by atoms with Gasteiger partial charge in [0.1, 0.15) is 9.88 Å². The summed E-state index contributed by atoms with van der Waals surface area (Å²) in [5, 5.41) is 12.6. The molecule has 0 fully saturated rings. The number of hydrogen-bond donors (Lipinski definition) is 2. The van der Waals surface area contributed by atoms with Crippen LogP contribution >= 0.6 is 11.3 Å². The topological polar surface area (TPSA) is 62.2 Å². The van der Waals surface area contributed by atoms with Crippen molar-refractivity contribution in [2.75, 3.05) is 0 Å². The molecule has 0 radical (unpaired) electrons. The molecule has 0 saturated heterocycles. The summed E-state index contributed by atoms with van der Waals surface area (Å²) in [4.78, 5) is 14.8. The van der Waals surface area contributed by atoms with Gasteiger partial charge in [0.25, 0.3) is 0 Å². The number of hydrogen-bond acceptors (Lipinski definition) is 4. The van der Waals surface area contributed by atoms with Crippen molar-refractivity contribution in [3.63, 3.8) is 0 Å². The zero-order chi connectivity index (χ0) is 9.84. The third kappa shape index (κ3) is 3.12. The van der Waals surface area contributed by atoms with Crippen molar-refractivity contribution in [1.82, 2.24) is 10.3 Å². The molecular formula is C8H12N2O2S. The van der Waals surface area contributed by atoms with E-state index in [1.54, 1.807) is 0 Å². The number of carboxylic acids is 1. The number of aromatic nitrogens is 1. The number of carbonyl (C=O) groups is 1. The fourth-order valence-corrected chi connectivity index (χ4v) is 1.49. The van der Waals surface area contributed by atoms with Gasteiger partial charge in [0.05, 0.1) is 6.20 Å². The minimum Gasteiger partial charge on any atom is -0.477 e. The molecule has 2 N–H and O–H groups in total. The highest BCUT2D eigenvalue weighted by molar-refractivity contribution is 7.13. The molecule has 13 heavy (non-hydrogen) atoms. The molecule has 0 aromatic carbocycles. The van der Waals surface area contributed by atoms with Crippen LogP contribution < -0.4 is 5.32 Å². The van der Waals surface area contributed by atoms with Crippen LogP contribution in [0.5, 0.6) is 0 Å². The van der Waals surface area contributed by atoms with Gasteiger partial charge in [0, 0.05) is 12.6 Å². The first-order valence-electron chi connectivity index (χ1n) is 4.01. The number of carboxylic acid groups (broad SMARTS) is 1. The minimum atomic E-state index is -0.909. The molecule has 72 valence electrons. The molecule has 4 nitrogen and oxygen atoms in total. The van der Waals surface area contributed by atoms with E-state index >= 15 is 0 Å². The Morgan fingerprint density at radius 2 is 2.46 bits per heavy atom. The standard InChI is InChI=1S/C8H12N2O2S/c1-5(2)9-4-7-10-3-6(13-7)8(11)12/h3,5,9H,4H2,1-2H3,(H,11,12). The van der Waals surface area contributed by atoms with Crippen molar-refractivity contribution >= 4 is 17.3 Å². The zero-order valence-electron chi connectivity index (χ0n) is 7.57. The lowest BCUT2D eigenvalue weighted by Crippen LogP contribution is -2.21. The second-order valence-corrected chi connectivity index (χ2v) is 4.07. The van der Waals surface area contributed by atoms with Gasteiger partial charge in [0.15, 0.2) is 0 Å². The second-order valence-electron chi connectivity index (χ2n) is 2.96. The van der Waals surface area contributed by atoms with Gasteiger partial charge < -0.3 is 10.4 Å².